The Morgan fingerprint density at radius 2 is 1.09 bits per heavy atom. The minimum absolute atomic E-state index is 0. The zero-order valence-corrected chi connectivity index (χ0v) is 10.6. The molecular weight excluding hydrogens is 209 g/mol. The Bertz CT molecular complexity index is 70.9. The fourth-order valence-electron chi connectivity index (χ4n) is 1.52. The van der Waals surface area contributed by atoms with Crippen LogP contribution in [0.5, 0.6) is 0 Å². The summed E-state index contributed by atoms with van der Waals surface area (Å²) >= 11 is 0. The van der Waals surface area contributed by atoms with Crippen LogP contribution in [-0.4, -0.2) is 0 Å². The normalized spacial score (nSPS) is 33.3. The predicted molar refractivity (Wildman–Crippen MR) is 45.4 cm³/mol. The SMILES string of the molecule is CC1C[CH-]CC(C)C[CH-]C1.[Y]. The molecule has 1 fully saturated rings. The topological polar surface area (TPSA) is 0 Å². The van der Waals surface area contributed by atoms with Crippen LogP contribution < -0.4 is 0 Å². The Labute approximate surface area is 96.4 Å². The van der Waals surface area contributed by atoms with Crippen LogP contribution in [0.2, 0.25) is 0 Å². The summed E-state index contributed by atoms with van der Waals surface area (Å²) in [7, 11) is 0. The molecule has 0 aliphatic heterocycles. The minimum Gasteiger partial charge on any atom is -0.328 e. The van der Waals surface area contributed by atoms with E-state index in [1.54, 1.807) is 0 Å². The molecule has 1 saturated carbocycles. The second-order valence-corrected chi connectivity index (χ2v) is 3.73. The van der Waals surface area contributed by atoms with Crippen LogP contribution in [0.15, 0.2) is 0 Å². The second-order valence-electron chi connectivity index (χ2n) is 3.73. The van der Waals surface area contributed by atoms with E-state index in [1.807, 2.05) is 0 Å². The Morgan fingerprint density at radius 1 is 0.818 bits per heavy atom. The molecule has 0 aromatic rings. The molecule has 1 radical (unpaired) electrons. The summed E-state index contributed by atoms with van der Waals surface area (Å²) < 4.78 is 0. The van der Waals surface area contributed by atoms with E-state index < -0.39 is 0 Å². The van der Waals surface area contributed by atoms with Gasteiger partial charge in [0.15, 0.2) is 0 Å². The summed E-state index contributed by atoms with van der Waals surface area (Å²) in [5.41, 5.74) is 0. The number of hydrogen-bond acceptors (Lipinski definition) is 0. The minimum atomic E-state index is 0. The molecule has 0 aromatic carbocycles. The maximum absolute atomic E-state index is 2.46. The van der Waals surface area contributed by atoms with Crippen molar-refractivity contribution in [2.45, 2.75) is 39.5 Å². The zero-order valence-electron chi connectivity index (χ0n) is 7.72. The van der Waals surface area contributed by atoms with Crippen molar-refractivity contribution in [1.82, 2.24) is 0 Å². The van der Waals surface area contributed by atoms with Crippen LogP contribution in [0.3, 0.4) is 0 Å². The molecule has 0 amide bonds. The molecule has 1 rings (SSSR count). The molecule has 0 aromatic heterocycles. The van der Waals surface area contributed by atoms with Gasteiger partial charge in [0.2, 0.25) is 0 Å². The fraction of sp³-hybridized carbons (Fsp3) is 0.800. The van der Waals surface area contributed by atoms with Crippen LogP contribution in [0.4, 0.5) is 0 Å². The molecule has 0 saturated heterocycles. The van der Waals surface area contributed by atoms with E-state index >= 15 is 0 Å². The molecule has 0 spiro atoms. The molecule has 1 aliphatic carbocycles. The Balaban J connectivity index is 0.000001000. The van der Waals surface area contributed by atoms with Gasteiger partial charge in [0, 0.05) is 32.7 Å². The van der Waals surface area contributed by atoms with E-state index in [0.29, 0.717) is 0 Å². The summed E-state index contributed by atoms with van der Waals surface area (Å²) in [4.78, 5) is 0. The van der Waals surface area contributed by atoms with E-state index in [0.717, 1.165) is 11.8 Å². The van der Waals surface area contributed by atoms with Gasteiger partial charge >= 0.3 is 0 Å². The first kappa shape index (κ1) is 12.1. The van der Waals surface area contributed by atoms with Gasteiger partial charge in [-0.2, -0.15) is 25.7 Å². The van der Waals surface area contributed by atoms with Gasteiger partial charge in [-0.1, -0.05) is 25.7 Å². The molecule has 0 bridgehead atoms. The summed E-state index contributed by atoms with van der Waals surface area (Å²) in [5.74, 6) is 1.79. The third-order valence-corrected chi connectivity index (χ3v) is 2.28. The van der Waals surface area contributed by atoms with Crippen LogP contribution in [0.1, 0.15) is 39.5 Å². The van der Waals surface area contributed by atoms with Gasteiger partial charge in [-0.05, 0) is 0 Å². The van der Waals surface area contributed by atoms with Crippen LogP contribution in [0, 0.1) is 24.7 Å². The second kappa shape index (κ2) is 6.60. The fourth-order valence-corrected chi connectivity index (χ4v) is 1.52. The van der Waals surface area contributed by atoms with Gasteiger partial charge in [-0.25, -0.2) is 0 Å². The van der Waals surface area contributed by atoms with Gasteiger partial charge in [0.1, 0.15) is 0 Å². The molecule has 1 aliphatic rings. The molecule has 0 unspecified atom stereocenters. The zero-order chi connectivity index (χ0) is 7.40. The van der Waals surface area contributed by atoms with Crippen LogP contribution in [-0.2, 0) is 32.7 Å². The molecule has 1 heteroatoms. The molecule has 63 valence electrons. The molecule has 0 nitrogen and oxygen atoms in total. The molecule has 0 N–H and O–H groups in total. The summed E-state index contributed by atoms with van der Waals surface area (Å²) in [6, 6.07) is 0. The maximum Gasteiger partial charge on any atom is 0 e. The Morgan fingerprint density at radius 3 is 1.36 bits per heavy atom. The van der Waals surface area contributed by atoms with E-state index in [-0.39, 0.29) is 32.7 Å². The Kier molecular flexibility index (Phi) is 7.26. The smallest absolute Gasteiger partial charge is 0 e. The first-order valence-electron chi connectivity index (χ1n) is 4.42. The summed E-state index contributed by atoms with van der Waals surface area (Å²) in [5, 5.41) is 0. The molecule has 0 atom stereocenters. The van der Waals surface area contributed by atoms with E-state index in [2.05, 4.69) is 26.7 Å². The third kappa shape index (κ3) is 5.36. The Hall–Kier alpha value is 1.10. The van der Waals surface area contributed by atoms with Crippen molar-refractivity contribution in [2.75, 3.05) is 0 Å². The van der Waals surface area contributed by atoms with Crippen molar-refractivity contribution in [3.63, 3.8) is 0 Å². The summed E-state index contributed by atoms with van der Waals surface area (Å²) in [6.45, 7) is 4.67. The molecule has 11 heavy (non-hydrogen) atoms. The average Bonchev–Trinajstić information content (AvgIpc) is 1.84. The predicted octanol–water partition coefficient (Wildman–Crippen LogP) is 3.24. The van der Waals surface area contributed by atoms with Crippen molar-refractivity contribution < 1.29 is 32.7 Å². The largest absolute Gasteiger partial charge is 0.328 e. The first-order chi connectivity index (χ1) is 4.79. The van der Waals surface area contributed by atoms with Crippen molar-refractivity contribution in [3.05, 3.63) is 12.8 Å². The average molecular weight is 227 g/mol. The van der Waals surface area contributed by atoms with Gasteiger partial charge in [-0.15, -0.1) is 0 Å². The van der Waals surface area contributed by atoms with E-state index in [4.69, 9.17) is 0 Å². The van der Waals surface area contributed by atoms with E-state index in [1.165, 1.54) is 25.7 Å². The monoisotopic (exact) mass is 227 g/mol. The van der Waals surface area contributed by atoms with Crippen LogP contribution >= 0.6 is 0 Å². The van der Waals surface area contributed by atoms with Gasteiger partial charge < -0.3 is 12.8 Å². The first-order valence-corrected chi connectivity index (χ1v) is 4.42. The summed E-state index contributed by atoms with van der Waals surface area (Å²) in [6.07, 6.45) is 10.2. The van der Waals surface area contributed by atoms with Crippen molar-refractivity contribution in [3.8, 4) is 0 Å². The number of rotatable bonds is 0. The third-order valence-electron chi connectivity index (χ3n) is 2.28. The van der Waals surface area contributed by atoms with E-state index in [9.17, 15) is 0 Å². The van der Waals surface area contributed by atoms with Gasteiger partial charge in [-0.3, -0.25) is 0 Å². The maximum atomic E-state index is 2.46. The van der Waals surface area contributed by atoms with Crippen LogP contribution in [0.25, 0.3) is 0 Å². The van der Waals surface area contributed by atoms with Crippen molar-refractivity contribution in [1.29, 1.82) is 0 Å². The molecule has 0 heterocycles. The quantitative estimate of drug-likeness (QED) is 0.557. The van der Waals surface area contributed by atoms with Gasteiger partial charge in [0.05, 0.1) is 0 Å². The van der Waals surface area contributed by atoms with Crippen molar-refractivity contribution in [2.24, 2.45) is 11.8 Å². The van der Waals surface area contributed by atoms with Gasteiger partial charge in [0.25, 0.3) is 0 Å². The standard InChI is InChI=1S/C10H18.Y/c1-9-5-3-7-10(2)8-4-6-9;/h3-4,9-10H,5-8H2,1-2H3;/q-2;. The van der Waals surface area contributed by atoms with Crippen molar-refractivity contribution >= 4 is 0 Å². The number of hydrogen-bond donors (Lipinski definition) is 0. The molecular formula is C10H18Y-2.